The van der Waals surface area contributed by atoms with E-state index in [2.05, 4.69) is 10.6 Å². The van der Waals surface area contributed by atoms with E-state index in [-0.39, 0.29) is 5.91 Å². The van der Waals surface area contributed by atoms with Crippen molar-refractivity contribution in [3.8, 4) is 0 Å². The van der Waals surface area contributed by atoms with Crippen LogP contribution >= 0.6 is 0 Å². The van der Waals surface area contributed by atoms with Crippen LogP contribution in [0.2, 0.25) is 0 Å². The minimum absolute atomic E-state index is 0.336. The third kappa shape index (κ3) is 4.14. The van der Waals surface area contributed by atoms with Crippen molar-refractivity contribution in [1.29, 1.82) is 0 Å². The summed E-state index contributed by atoms with van der Waals surface area (Å²) < 4.78 is 13.0. The Bertz CT molecular complexity index is 644. The van der Waals surface area contributed by atoms with Crippen LogP contribution in [0, 0.1) is 5.82 Å². The number of hydrogen-bond acceptors (Lipinski definition) is 2. The van der Waals surface area contributed by atoms with Crippen LogP contribution in [0.4, 0.5) is 10.1 Å². The molecule has 4 nitrogen and oxygen atoms in total. The molecule has 0 saturated carbocycles. The molecule has 0 fully saturated rings. The van der Waals surface area contributed by atoms with E-state index in [0.29, 0.717) is 11.3 Å². The van der Waals surface area contributed by atoms with Crippen molar-refractivity contribution in [2.45, 2.75) is 13.0 Å². The van der Waals surface area contributed by atoms with Gasteiger partial charge in [-0.25, -0.2) is 4.39 Å². The third-order valence-electron chi connectivity index (χ3n) is 2.87. The van der Waals surface area contributed by atoms with Gasteiger partial charge in [-0.2, -0.15) is 0 Å². The van der Waals surface area contributed by atoms with E-state index in [1.807, 2.05) is 0 Å². The van der Waals surface area contributed by atoms with Crippen molar-refractivity contribution in [2.24, 2.45) is 0 Å². The van der Waals surface area contributed by atoms with Crippen molar-refractivity contribution < 1.29 is 14.0 Å². The van der Waals surface area contributed by atoms with Gasteiger partial charge in [0.05, 0.1) is 0 Å². The van der Waals surface area contributed by atoms with Gasteiger partial charge in [0.1, 0.15) is 11.9 Å². The number of anilines is 1. The predicted molar refractivity (Wildman–Crippen MR) is 78.4 cm³/mol. The maximum atomic E-state index is 13.0. The molecule has 0 bridgehead atoms. The summed E-state index contributed by atoms with van der Waals surface area (Å²) >= 11 is 0. The van der Waals surface area contributed by atoms with Crippen LogP contribution in [0.15, 0.2) is 54.6 Å². The summed E-state index contributed by atoms with van der Waals surface area (Å²) in [4.78, 5) is 23.9. The highest BCUT2D eigenvalue weighted by atomic mass is 19.1. The summed E-state index contributed by atoms with van der Waals surface area (Å²) in [6, 6.07) is 13.4. The van der Waals surface area contributed by atoms with E-state index in [1.54, 1.807) is 43.3 Å². The number of rotatable bonds is 4. The molecule has 2 amide bonds. The second kappa shape index (κ2) is 6.65. The standard InChI is InChI=1S/C16H15FN2O2/c1-11(18-16(21)12-6-3-2-4-7-12)15(20)19-14-9-5-8-13(17)10-14/h2-11H,1H3,(H,18,21)(H,19,20). The molecule has 0 aromatic heterocycles. The lowest BCUT2D eigenvalue weighted by Crippen LogP contribution is -2.41. The molecule has 1 unspecified atom stereocenters. The van der Waals surface area contributed by atoms with Crippen LogP contribution in [0.1, 0.15) is 17.3 Å². The van der Waals surface area contributed by atoms with E-state index in [4.69, 9.17) is 0 Å². The van der Waals surface area contributed by atoms with Gasteiger partial charge in [0.15, 0.2) is 0 Å². The van der Waals surface area contributed by atoms with Crippen molar-refractivity contribution in [3.63, 3.8) is 0 Å². The number of benzene rings is 2. The number of hydrogen-bond donors (Lipinski definition) is 2. The van der Waals surface area contributed by atoms with Gasteiger partial charge in [-0.1, -0.05) is 24.3 Å². The second-order valence-corrected chi connectivity index (χ2v) is 4.56. The smallest absolute Gasteiger partial charge is 0.251 e. The maximum absolute atomic E-state index is 13.0. The Kier molecular flexibility index (Phi) is 4.66. The molecule has 0 heterocycles. The summed E-state index contributed by atoms with van der Waals surface area (Å²) in [7, 11) is 0. The van der Waals surface area contributed by atoms with E-state index < -0.39 is 17.8 Å². The molecule has 5 heteroatoms. The first-order chi connectivity index (χ1) is 10.1. The normalized spacial score (nSPS) is 11.5. The Hall–Kier alpha value is -2.69. The lowest BCUT2D eigenvalue weighted by atomic mass is 10.2. The topological polar surface area (TPSA) is 58.2 Å². The number of nitrogens with one attached hydrogen (secondary N) is 2. The van der Waals surface area contributed by atoms with Crippen LogP contribution < -0.4 is 10.6 Å². The lowest BCUT2D eigenvalue weighted by Gasteiger charge is -2.14. The van der Waals surface area contributed by atoms with E-state index in [1.165, 1.54) is 18.2 Å². The average Bonchev–Trinajstić information content (AvgIpc) is 2.48. The number of carbonyl (C=O) groups excluding carboxylic acids is 2. The molecule has 0 aliphatic rings. The molecular formula is C16H15FN2O2. The molecule has 0 aliphatic heterocycles. The third-order valence-corrected chi connectivity index (χ3v) is 2.87. The first kappa shape index (κ1) is 14.7. The Morgan fingerprint density at radius 2 is 1.76 bits per heavy atom. The van der Waals surface area contributed by atoms with Gasteiger partial charge in [-0.05, 0) is 37.3 Å². The molecule has 0 saturated heterocycles. The molecule has 0 spiro atoms. The highest BCUT2D eigenvalue weighted by Gasteiger charge is 2.16. The van der Waals surface area contributed by atoms with Gasteiger partial charge in [0.25, 0.3) is 5.91 Å². The number of halogens is 1. The Morgan fingerprint density at radius 1 is 1.05 bits per heavy atom. The zero-order valence-corrected chi connectivity index (χ0v) is 11.5. The summed E-state index contributed by atoms with van der Waals surface area (Å²) in [5.74, 6) is -1.18. The first-order valence-corrected chi connectivity index (χ1v) is 6.48. The second-order valence-electron chi connectivity index (χ2n) is 4.56. The quantitative estimate of drug-likeness (QED) is 0.907. The Balaban J connectivity index is 1.95. The molecular weight excluding hydrogens is 271 g/mol. The highest BCUT2D eigenvalue weighted by molar-refractivity contribution is 6.00. The van der Waals surface area contributed by atoms with E-state index in [9.17, 15) is 14.0 Å². The minimum atomic E-state index is -0.735. The average molecular weight is 286 g/mol. The molecule has 108 valence electrons. The van der Waals surface area contributed by atoms with Crippen LogP contribution in [0.3, 0.4) is 0 Å². The molecule has 1 atom stereocenters. The first-order valence-electron chi connectivity index (χ1n) is 6.48. The monoisotopic (exact) mass is 286 g/mol. The molecule has 0 aliphatic carbocycles. The van der Waals surface area contributed by atoms with Gasteiger partial charge < -0.3 is 10.6 Å². The maximum Gasteiger partial charge on any atom is 0.251 e. The van der Waals surface area contributed by atoms with E-state index in [0.717, 1.165) is 0 Å². The highest BCUT2D eigenvalue weighted by Crippen LogP contribution is 2.09. The van der Waals surface area contributed by atoms with Gasteiger partial charge >= 0.3 is 0 Å². The SMILES string of the molecule is CC(NC(=O)c1ccccc1)C(=O)Nc1cccc(F)c1. The van der Waals surface area contributed by atoms with Crippen molar-refractivity contribution in [2.75, 3.05) is 5.32 Å². The summed E-state index contributed by atoms with van der Waals surface area (Å²) in [6.07, 6.45) is 0. The van der Waals surface area contributed by atoms with Crippen LogP contribution in [-0.4, -0.2) is 17.9 Å². The Labute approximate surface area is 122 Å². The fourth-order valence-corrected chi connectivity index (χ4v) is 1.75. The van der Waals surface area contributed by atoms with Crippen LogP contribution in [-0.2, 0) is 4.79 Å². The molecule has 21 heavy (non-hydrogen) atoms. The van der Waals surface area contributed by atoms with E-state index >= 15 is 0 Å². The molecule has 2 N–H and O–H groups in total. The number of amides is 2. The number of carbonyl (C=O) groups is 2. The fourth-order valence-electron chi connectivity index (χ4n) is 1.75. The predicted octanol–water partition coefficient (Wildman–Crippen LogP) is 2.58. The summed E-state index contributed by atoms with van der Waals surface area (Å²) in [5, 5.41) is 5.13. The molecule has 2 aromatic carbocycles. The van der Waals surface area contributed by atoms with Gasteiger partial charge in [-0.15, -0.1) is 0 Å². The lowest BCUT2D eigenvalue weighted by molar-refractivity contribution is -0.117. The van der Waals surface area contributed by atoms with Crippen molar-refractivity contribution >= 4 is 17.5 Å². The largest absolute Gasteiger partial charge is 0.341 e. The Morgan fingerprint density at radius 3 is 2.43 bits per heavy atom. The molecule has 0 radical (unpaired) electrons. The summed E-state index contributed by atoms with van der Waals surface area (Å²) in [5.41, 5.74) is 0.823. The minimum Gasteiger partial charge on any atom is -0.341 e. The zero-order chi connectivity index (χ0) is 15.2. The summed E-state index contributed by atoms with van der Waals surface area (Å²) in [6.45, 7) is 1.56. The van der Waals surface area contributed by atoms with Crippen molar-refractivity contribution in [3.05, 3.63) is 66.0 Å². The molecule has 2 aromatic rings. The molecule has 2 rings (SSSR count). The zero-order valence-electron chi connectivity index (χ0n) is 11.5. The van der Waals surface area contributed by atoms with Crippen LogP contribution in [0.5, 0.6) is 0 Å². The van der Waals surface area contributed by atoms with Crippen molar-refractivity contribution in [1.82, 2.24) is 5.32 Å². The fraction of sp³-hybridized carbons (Fsp3) is 0.125. The van der Waals surface area contributed by atoms with Gasteiger partial charge in [0, 0.05) is 11.3 Å². The van der Waals surface area contributed by atoms with Crippen LogP contribution in [0.25, 0.3) is 0 Å². The van der Waals surface area contributed by atoms with Gasteiger partial charge in [-0.3, -0.25) is 9.59 Å². The van der Waals surface area contributed by atoms with Gasteiger partial charge in [0.2, 0.25) is 5.91 Å².